The van der Waals surface area contributed by atoms with Gasteiger partial charge in [0.1, 0.15) is 0 Å². The summed E-state index contributed by atoms with van der Waals surface area (Å²) in [7, 11) is 0. The molecule has 0 spiro atoms. The summed E-state index contributed by atoms with van der Waals surface area (Å²) in [5.41, 5.74) is 2.24. The van der Waals surface area contributed by atoms with Crippen molar-refractivity contribution >= 4 is 23.8 Å². The minimum Gasteiger partial charge on any atom is -0.337 e. The molecule has 0 aliphatic rings. The number of hydrogen-bond donors (Lipinski definition) is 1. The standard InChI is InChI=1S/C13H15ClN2S/c1-9(2)8-16-12(7-15-13(16)17)10-3-5-11(14)6-4-10/h3-7,9H,8H2,1-2H3,(H,15,17). The Morgan fingerprint density at radius 3 is 2.53 bits per heavy atom. The molecule has 2 nitrogen and oxygen atoms in total. The van der Waals surface area contributed by atoms with Crippen molar-refractivity contribution in [1.29, 1.82) is 0 Å². The first kappa shape index (κ1) is 12.4. The van der Waals surface area contributed by atoms with Crippen LogP contribution in [0.15, 0.2) is 30.5 Å². The van der Waals surface area contributed by atoms with Crippen molar-refractivity contribution in [3.63, 3.8) is 0 Å². The van der Waals surface area contributed by atoms with Crippen molar-refractivity contribution in [2.24, 2.45) is 5.92 Å². The summed E-state index contributed by atoms with van der Waals surface area (Å²) in [6, 6.07) is 7.81. The summed E-state index contributed by atoms with van der Waals surface area (Å²) in [4.78, 5) is 3.10. The molecule has 1 heterocycles. The van der Waals surface area contributed by atoms with Crippen LogP contribution in [0.4, 0.5) is 0 Å². The Balaban J connectivity index is 2.45. The van der Waals surface area contributed by atoms with E-state index in [1.165, 1.54) is 0 Å². The lowest BCUT2D eigenvalue weighted by atomic mass is 10.1. The molecule has 0 atom stereocenters. The number of imidazole rings is 1. The van der Waals surface area contributed by atoms with Gasteiger partial charge in [0.05, 0.1) is 5.69 Å². The fraction of sp³-hybridized carbons (Fsp3) is 0.308. The number of rotatable bonds is 3. The number of nitrogens with zero attached hydrogens (tertiary/aromatic N) is 1. The highest BCUT2D eigenvalue weighted by atomic mass is 35.5. The lowest BCUT2D eigenvalue weighted by Gasteiger charge is -2.10. The summed E-state index contributed by atoms with van der Waals surface area (Å²) in [6.07, 6.45) is 1.95. The Labute approximate surface area is 111 Å². The van der Waals surface area contributed by atoms with E-state index in [0.717, 1.165) is 27.6 Å². The maximum absolute atomic E-state index is 5.89. The zero-order valence-electron chi connectivity index (χ0n) is 9.90. The van der Waals surface area contributed by atoms with Gasteiger partial charge in [0.2, 0.25) is 0 Å². The average Bonchev–Trinajstić information content (AvgIpc) is 2.61. The van der Waals surface area contributed by atoms with Gasteiger partial charge in [0.25, 0.3) is 0 Å². The van der Waals surface area contributed by atoms with Crippen molar-refractivity contribution in [1.82, 2.24) is 9.55 Å². The molecule has 0 fully saturated rings. The molecule has 0 saturated carbocycles. The number of H-pyrrole nitrogens is 1. The second-order valence-electron chi connectivity index (χ2n) is 4.49. The van der Waals surface area contributed by atoms with Crippen LogP contribution >= 0.6 is 23.8 Å². The topological polar surface area (TPSA) is 20.7 Å². The van der Waals surface area contributed by atoms with E-state index >= 15 is 0 Å². The highest BCUT2D eigenvalue weighted by Crippen LogP contribution is 2.22. The normalized spacial score (nSPS) is 11.1. The molecule has 0 amide bonds. The van der Waals surface area contributed by atoms with Crippen molar-refractivity contribution in [2.45, 2.75) is 20.4 Å². The Bertz CT molecular complexity index is 552. The lowest BCUT2D eigenvalue weighted by molar-refractivity contribution is 0.522. The van der Waals surface area contributed by atoms with Gasteiger partial charge in [-0.25, -0.2) is 0 Å². The molecule has 0 aliphatic heterocycles. The van der Waals surface area contributed by atoms with Gasteiger partial charge in [-0.2, -0.15) is 0 Å². The van der Waals surface area contributed by atoms with E-state index in [4.69, 9.17) is 23.8 Å². The third kappa shape index (κ3) is 2.79. The molecule has 0 bridgehead atoms. The summed E-state index contributed by atoms with van der Waals surface area (Å²) in [6.45, 7) is 5.28. The molecular formula is C13H15ClN2S. The quantitative estimate of drug-likeness (QED) is 0.810. The van der Waals surface area contributed by atoms with Gasteiger partial charge in [-0.05, 0) is 35.8 Å². The SMILES string of the molecule is CC(C)Cn1c(-c2ccc(Cl)cc2)c[nH]c1=S. The number of hydrogen-bond acceptors (Lipinski definition) is 1. The van der Waals surface area contributed by atoms with Crippen LogP contribution in [0.1, 0.15) is 13.8 Å². The third-order valence-corrected chi connectivity index (χ3v) is 3.15. The molecule has 1 N–H and O–H groups in total. The molecule has 1 aromatic heterocycles. The fourth-order valence-electron chi connectivity index (χ4n) is 1.80. The van der Waals surface area contributed by atoms with Crippen LogP contribution in [-0.2, 0) is 6.54 Å². The number of halogens is 1. The molecule has 0 radical (unpaired) electrons. The zero-order valence-corrected chi connectivity index (χ0v) is 11.5. The summed E-state index contributed by atoms with van der Waals surface area (Å²) < 4.78 is 2.90. The van der Waals surface area contributed by atoms with Crippen molar-refractivity contribution in [2.75, 3.05) is 0 Å². The lowest BCUT2D eigenvalue weighted by Crippen LogP contribution is -2.05. The molecule has 90 valence electrons. The number of nitrogens with one attached hydrogen (secondary N) is 1. The summed E-state index contributed by atoms with van der Waals surface area (Å²) in [5, 5.41) is 0.748. The van der Waals surface area contributed by atoms with E-state index < -0.39 is 0 Å². The molecule has 17 heavy (non-hydrogen) atoms. The summed E-state index contributed by atoms with van der Waals surface area (Å²) >= 11 is 11.2. The van der Waals surface area contributed by atoms with Gasteiger partial charge in [0.15, 0.2) is 4.77 Å². The number of aromatic amines is 1. The molecule has 2 aromatic rings. The van der Waals surface area contributed by atoms with E-state index in [2.05, 4.69) is 23.4 Å². The molecule has 4 heteroatoms. The minimum absolute atomic E-state index is 0.559. The van der Waals surface area contributed by atoms with Gasteiger partial charge >= 0.3 is 0 Å². The first-order valence-corrected chi connectivity index (χ1v) is 6.40. The summed E-state index contributed by atoms with van der Waals surface area (Å²) in [5.74, 6) is 0.559. The van der Waals surface area contributed by atoms with Gasteiger partial charge in [-0.3, -0.25) is 0 Å². The first-order chi connectivity index (χ1) is 8.08. The molecule has 1 aromatic carbocycles. The monoisotopic (exact) mass is 266 g/mol. The number of aromatic nitrogens is 2. The average molecular weight is 267 g/mol. The van der Waals surface area contributed by atoms with E-state index in [0.29, 0.717) is 5.92 Å². The van der Waals surface area contributed by atoms with Crippen LogP contribution in [0.3, 0.4) is 0 Å². The van der Waals surface area contributed by atoms with Crippen LogP contribution in [-0.4, -0.2) is 9.55 Å². The fourth-order valence-corrected chi connectivity index (χ4v) is 2.16. The maximum atomic E-state index is 5.89. The zero-order chi connectivity index (χ0) is 12.4. The van der Waals surface area contributed by atoms with Gasteiger partial charge < -0.3 is 9.55 Å². The molecule has 2 rings (SSSR count). The largest absolute Gasteiger partial charge is 0.337 e. The third-order valence-electron chi connectivity index (χ3n) is 2.56. The van der Waals surface area contributed by atoms with Gasteiger partial charge in [-0.1, -0.05) is 37.6 Å². The molecular weight excluding hydrogens is 252 g/mol. The van der Waals surface area contributed by atoms with Crippen LogP contribution in [0.25, 0.3) is 11.3 Å². The molecule has 0 saturated heterocycles. The van der Waals surface area contributed by atoms with E-state index in [-0.39, 0.29) is 0 Å². The van der Waals surface area contributed by atoms with Gasteiger partial charge in [0, 0.05) is 17.8 Å². The smallest absolute Gasteiger partial charge is 0.177 e. The molecule has 0 aliphatic carbocycles. The Morgan fingerprint density at radius 2 is 1.94 bits per heavy atom. The second-order valence-corrected chi connectivity index (χ2v) is 5.31. The second kappa shape index (κ2) is 5.07. The Morgan fingerprint density at radius 1 is 1.29 bits per heavy atom. The van der Waals surface area contributed by atoms with Crippen LogP contribution in [0.5, 0.6) is 0 Å². The number of benzene rings is 1. The maximum Gasteiger partial charge on any atom is 0.177 e. The van der Waals surface area contributed by atoms with Crippen LogP contribution in [0, 0.1) is 10.7 Å². The first-order valence-electron chi connectivity index (χ1n) is 5.62. The van der Waals surface area contributed by atoms with E-state index in [1.807, 2.05) is 30.5 Å². The van der Waals surface area contributed by atoms with Crippen molar-refractivity contribution in [3.05, 3.63) is 40.3 Å². The van der Waals surface area contributed by atoms with Crippen LogP contribution < -0.4 is 0 Å². The minimum atomic E-state index is 0.559. The van der Waals surface area contributed by atoms with Crippen LogP contribution in [0.2, 0.25) is 5.02 Å². The van der Waals surface area contributed by atoms with Crippen molar-refractivity contribution < 1.29 is 0 Å². The Kier molecular flexibility index (Phi) is 3.69. The van der Waals surface area contributed by atoms with E-state index in [1.54, 1.807) is 0 Å². The molecule has 0 unspecified atom stereocenters. The predicted octanol–water partition coefficient (Wildman–Crippen LogP) is 4.52. The highest BCUT2D eigenvalue weighted by molar-refractivity contribution is 7.71. The van der Waals surface area contributed by atoms with Crippen molar-refractivity contribution in [3.8, 4) is 11.3 Å². The highest BCUT2D eigenvalue weighted by Gasteiger charge is 2.07. The van der Waals surface area contributed by atoms with E-state index in [9.17, 15) is 0 Å². The van der Waals surface area contributed by atoms with Gasteiger partial charge in [-0.15, -0.1) is 0 Å². The Hall–Kier alpha value is -1.06. The predicted molar refractivity (Wildman–Crippen MR) is 74.9 cm³/mol.